The van der Waals surface area contributed by atoms with Gasteiger partial charge in [0.05, 0.1) is 5.56 Å². The lowest BCUT2D eigenvalue weighted by Gasteiger charge is -2.12. The van der Waals surface area contributed by atoms with Gasteiger partial charge in [0, 0.05) is 11.3 Å². The van der Waals surface area contributed by atoms with Crippen molar-refractivity contribution in [3.8, 4) is 0 Å². The first-order valence-electron chi connectivity index (χ1n) is 7.43. The number of anilines is 1. The van der Waals surface area contributed by atoms with Crippen LogP contribution in [0.5, 0.6) is 0 Å². The number of carbonyl (C=O) groups excluding carboxylic acids is 2. The summed E-state index contributed by atoms with van der Waals surface area (Å²) in [5, 5.41) is 6.47. The second-order valence-corrected chi connectivity index (χ2v) is 7.39. The summed E-state index contributed by atoms with van der Waals surface area (Å²) < 4.78 is 0. The summed E-state index contributed by atoms with van der Waals surface area (Å²) in [5.41, 5.74) is 7.10. The number of nitrogens with one attached hydrogen (secondary N) is 2. The fourth-order valence-corrected chi connectivity index (χ4v) is 4.18. The van der Waals surface area contributed by atoms with Crippen molar-refractivity contribution in [2.45, 2.75) is 46.0 Å². The van der Waals surface area contributed by atoms with Crippen molar-refractivity contribution in [1.29, 1.82) is 0 Å². The Morgan fingerprint density at radius 1 is 1.32 bits per heavy atom. The molecule has 4 N–H and O–H groups in total. The molecule has 0 aromatic carbocycles. The van der Waals surface area contributed by atoms with E-state index in [-0.39, 0.29) is 16.9 Å². The lowest BCUT2D eigenvalue weighted by Crippen LogP contribution is -2.35. The molecule has 7 heteroatoms. The van der Waals surface area contributed by atoms with Crippen molar-refractivity contribution in [2.24, 2.45) is 11.7 Å². The highest BCUT2D eigenvalue weighted by Gasteiger charge is 2.24. The van der Waals surface area contributed by atoms with Gasteiger partial charge >= 0.3 is 0 Å². The second-order valence-electron chi connectivity index (χ2n) is 5.88. The van der Waals surface area contributed by atoms with Crippen molar-refractivity contribution in [3.63, 3.8) is 0 Å². The van der Waals surface area contributed by atoms with Gasteiger partial charge in [0.1, 0.15) is 5.00 Å². The quantitative estimate of drug-likeness (QED) is 0.736. The summed E-state index contributed by atoms with van der Waals surface area (Å²) in [5.74, 6) is -0.314. The smallest absolute Gasteiger partial charge is 0.251 e. The monoisotopic (exact) mass is 339 g/mol. The van der Waals surface area contributed by atoms with Crippen molar-refractivity contribution in [2.75, 3.05) is 5.32 Å². The molecule has 0 spiro atoms. The second kappa shape index (κ2) is 7.19. The number of thiocarbonyl (C=S) groups is 1. The van der Waals surface area contributed by atoms with Gasteiger partial charge in [-0.25, -0.2) is 0 Å². The number of nitrogens with two attached hydrogens (primary N) is 1. The number of fused-ring (bicyclic) bond motifs is 1. The third-order valence-corrected chi connectivity index (χ3v) is 4.90. The van der Waals surface area contributed by atoms with E-state index in [0.717, 1.165) is 31.2 Å². The van der Waals surface area contributed by atoms with Gasteiger partial charge in [0.15, 0.2) is 5.11 Å². The lowest BCUT2D eigenvalue weighted by molar-refractivity contribution is -0.120. The molecule has 0 aliphatic heterocycles. The maximum atomic E-state index is 11.8. The summed E-state index contributed by atoms with van der Waals surface area (Å²) in [4.78, 5) is 24.7. The number of rotatable bonds is 4. The molecule has 0 fully saturated rings. The fraction of sp³-hybridized carbons (Fsp3) is 0.533. The molecule has 0 radical (unpaired) electrons. The largest absolute Gasteiger partial charge is 0.365 e. The van der Waals surface area contributed by atoms with Gasteiger partial charge in [-0.1, -0.05) is 13.8 Å². The zero-order valence-electron chi connectivity index (χ0n) is 12.8. The Kier molecular flexibility index (Phi) is 5.52. The molecule has 1 aliphatic rings. The van der Waals surface area contributed by atoms with Crippen LogP contribution in [0.15, 0.2) is 0 Å². The maximum Gasteiger partial charge on any atom is 0.251 e. The average Bonchev–Trinajstić information content (AvgIpc) is 2.74. The van der Waals surface area contributed by atoms with Crippen molar-refractivity contribution < 1.29 is 9.59 Å². The summed E-state index contributed by atoms with van der Waals surface area (Å²) in [6.07, 6.45) is 4.44. The van der Waals surface area contributed by atoms with Gasteiger partial charge < -0.3 is 16.4 Å². The minimum Gasteiger partial charge on any atom is -0.365 e. The van der Waals surface area contributed by atoms with E-state index in [4.69, 9.17) is 18.0 Å². The summed E-state index contributed by atoms with van der Waals surface area (Å²) >= 11 is 6.67. The van der Waals surface area contributed by atoms with E-state index in [1.54, 1.807) is 0 Å². The summed E-state index contributed by atoms with van der Waals surface area (Å²) in [7, 11) is 0. The summed E-state index contributed by atoms with van der Waals surface area (Å²) in [6.45, 7) is 3.93. The van der Waals surface area contributed by atoms with Crippen LogP contribution in [0.25, 0.3) is 0 Å². The standard InChI is InChI=1S/C15H21N3O2S2/c1-8(2)7-11(19)17-15(21)18-14-12(13(16)20)9-5-3-4-6-10(9)22-14/h8H,3-7H2,1-2H3,(H2,16,20)(H2,17,18,19,21). The van der Waals surface area contributed by atoms with Crippen LogP contribution in [0.2, 0.25) is 0 Å². The van der Waals surface area contributed by atoms with E-state index >= 15 is 0 Å². The van der Waals surface area contributed by atoms with Gasteiger partial charge in [-0.2, -0.15) is 0 Å². The Labute approximate surface area is 139 Å². The molecule has 1 aromatic heterocycles. The number of amides is 2. The number of thiophene rings is 1. The molecular weight excluding hydrogens is 318 g/mol. The van der Waals surface area contributed by atoms with Crippen LogP contribution in [0, 0.1) is 5.92 Å². The van der Waals surface area contributed by atoms with Crippen LogP contribution in [-0.2, 0) is 17.6 Å². The summed E-state index contributed by atoms with van der Waals surface area (Å²) in [6, 6.07) is 0. The molecule has 0 bridgehead atoms. The zero-order chi connectivity index (χ0) is 16.3. The topological polar surface area (TPSA) is 84.2 Å². The Morgan fingerprint density at radius 2 is 2.00 bits per heavy atom. The first-order valence-corrected chi connectivity index (χ1v) is 8.66. The normalized spacial score (nSPS) is 13.6. The predicted octanol–water partition coefficient (Wildman–Crippen LogP) is 2.58. The highest BCUT2D eigenvalue weighted by Crippen LogP contribution is 2.37. The molecule has 2 amide bonds. The van der Waals surface area contributed by atoms with Crippen LogP contribution in [-0.4, -0.2) is 16.9 Å². The van der Waals surface area contributed by atoms with Crippen LogP contribution in [0.3, 0.4) is 0 Å². The lowest BCUT2D eigenvalue weighted by atomic mass is 9.95. The molecule has 0 saturated carbocycles. The minimum atomic E-state index is -0.446. The van der Waals surface area contributed by atoms with E-state index in [2.05, 4.69) is 10.6 Å². The third-order valence-electron chi connectivity index (χ3n) is 3.49. The molecule has 5 nitrogen and oxygen atoms in total. The number of primary amides is 1. The predicted molar refractivity (Wildman–Crippen MR) is 93.3 cm³/mol. The van der Waals surface area contributed by atoms with Gasteiger partial charge in [-0.3, -0.25) is 9.59 Å². The average molecular weight is 339 g/mol. The minimum absolute atomic E-state index is 0.130. The van der Waals surface area contributed by atoms with Gasteiger partial charge in [0.2, 0.25) is 5.91 Å². The first-order chi connectivity index (χ1) is 10.4. The SMILES string of the molecule is CC(C)CC(=O)NC(=S)Nc1sc2c(c1C(N)=O)CCCC2. The Morgan fingerprint density at radius 3 is 2.64 bits per heavy atom. The van der Waals surface area contributed by atoms with E-state index in [9.17, 15) is 9.59 Å². The highest BCUT2D eigenvalue weighted by atomic mass is 32.1. The molecule has 1 aromatic rings. The van der Waals surface area contributed by atoms with E-state index in [1.807, 2.05) is 13.8 Å². The zero-order valence-corrected chi connectivity index (χ0v) is 14.5. The molecule has 0 unspecified atom stereocenters. The van der Waals surface area contributed by atoms with E-state index in [0.29, 0.717) is 17.0 Å². The molecule has 120 valence electrons. The van der Waals surface area contributed by atoms with Crippen LogP contribution in [0.1, 0.15) is 53.9 Å². The van der Waals surface area contributed by atoms with Gasteiger partial charge in [-0.15, -0.1) is 11.3 Å². The van der Waals surface area contributed by atoms with Crippen molar-refractivity contribution >= 4 is 45.5 Å². The van der Waals surface area contributed by atoms with Crippen LogP contribution in [0.4, 0.5) is 5.00 Å². The van der Waals surface area contributed by atoms with Crippen molar-refractivity contribution in [3.05, 3.63) is 16.0 Å². The number of carbonyl (C=O) groups is 2. The number of aryl methyl sites for hydroxylation is 1. The highest BCUT2D eigenvalue weighted by molar-refractivity contribution is 7.80. The van der Waals surface area contributed by atoms with Gasteiger partial charge in [-0.05, 0) is 49.4 Å². The van der Waals surface area contributed by atoms with Gasteiger partial charge in [0.25, 0.3) is 5.91 Å². The number of hydrogen-bond acceptors (Lipinski definition) is 4. The maximum absolute atomic E-state index is 11.8. The van der Waals surface area contributed by atoms with Crippen molar-refractivity contribution in [1.82, 2.24) is 5.32 Å². The molecule has 0 saturated heterocycles. The van der Waals surface area contributed by atoms with Crippen LogP contribution >= 0.6 is 23.6 Å². The Balaban J connectivity index is 2.12. The molecular formula is C15H21N3O2S2. The first kappa shape index (κ1) is 16.9. The molecule has 0 atom stereocenters. The fourth-order valence-electron chi connectivity index (χ4n) is 2.60. The third kappa shape index (κ3) is 4.04. The molecule has 1 heterocycles. The Hall–Kier alpha value is -1.47. The molecule has 22 heavy (non-hydrogen) atoms. The van der Waals surface area contributed by atoms with Crippen LogP contribution < -0.4 is 16.4 Å². The van der Waals surface area contributed by atoms with E-state index in [1.165, 1.54) is 16.2 Å². The number of hydrogen-bond donors (Lipinski definition) is 3. The Bertz CT molecular complexity index is 608. The molecule has 2 rings (SSSR count). The molecule has 1 aliphatic carbocycles. The van der Waals surface area contributed by atoms with E-state index < -0.39 is 5.91 Å².